The molecular weight excluding hydrogens is 216 g/mol. The van der Waals surface area contributed by atoms with Crippen LogP contribution in [0.4, 0.5) is 5.69 Å². The molecule has 0 aromatic heterocycles. The van der Waals surface area contributed by atoms with Crippen molar-refractivity contribution in [3.63, 3.8) is 0 Å². The maximum atomic E-state index is 12.4. The first-order valence-electron chi connectivity index (χ1n) is 5.85. The minimum absolute atomic E-state index is 0.0701. The zero-order chi connectivity index (χ0) is 12.5. The lowest BCUT2D eigenvalue weighted by Gasteiger charge is -2.29. The van der Waals surface area contributed by atoms with E-state index in [2.05, 4.69) is 5.32 Å². The first-order chi connectivity index (χ1) is 8.03. The smallest absolute Gasteiger partial charge is 0.246 e. The standard InChI is InChI=1S/C13H18N2O2/c1-13(8-3-9-14-13)12(17)15(2)10-4-6-11(16)7-5-10/h4-7,14,16H,3,8-9H2,1-2H3. The Hall–Kier alpha value is -1.55. The van der Waals surface area contributed by atoms with Crippen LogP contribution in [-0.2, 0) is 4.79 Å². The van der Waals surface area contributed by atoms with Crippen LogP contribution in [0.25, 0.3) is 0 Å². The van der Waals surface area contributed by atoms with Crippen LogP contribution < -0.4 is 10.2 Å². The molecule has 1 aromatic rings. The van der Waals surface area contributed by atoms with Crippen LogP contribution >= 0.6 is 0 Å². The third-order valence-corrected chi connectivity index (χ3v) is 3.38. The van der Waals surface area contributed by atoms with Crippen molar-refractivity contribution >= 4 is 11.6 Å². The van der Waals surface area contributed by atoms with Crippen LogP contribution in [0.5, 0.6) is 5.75 Å². The molecule has 4 nitrogen and oxygen atoms in total. The second-order valence-electron chi connectivity index (χ2n) is 4.74. The molecule has 0 saturated carbocycles. The summed E-state index contributed by atoms with van der Waals surface area (Å²) in [6.07, 6.45) is 1.90. The average Bonchev–Trinajstić information content (AvgIpc) is 2.76. The number of likely N-dealkylation sites (N-methyl/N-ethyl adjacent to an activating group) is 1. The molecule has 2 N–H and O–H groups in total. The molecular formula is C13H18N2O2. The lowest BCUT2D eigenvalue weighted by molar-refractivity contribution is -0.123. The van der Waals surface area contributed by atoms with Crippen molar-refractivity contribution in [2.75, 3.05) is 18.5 Å². The van der Waals surface area contributed by atoms with Gasteiger partial charge < -0.3 is 15.3 Å². The monoisotopic (exact) mass is 234 g/mol. The third kappa shape index (κ3) is 2.26. The fraction of sp³-hybridized carbons (Fsp3) is 0.462. The predicted octanol–water partition coefficient (Wildman–Crippen LogP) is 1.50. The molecule has 1 atom stereocenters. The van der Waals surface area contributed by atoms with E-state index in [0.29, 0.717) is 0 Å². The fourth-order valence-electron chi connectivity index (χ4n) is 2.24. The Balaban J connectivity index is 2.17. The zero-order valence-corrected chi connectivity index (χ0v) is 10.2. The number of phenols is 1. The number of carbonyl (C=O) groups excluding carboxylic acids is 1. The van der Waals surface area contributed by atoms with Crippen molar-refractivity contribution in [2.24, 2.45) is 0 Å². The molecule has 1 aliphatic heterocycles. The summed E-state index contributed by atoms with van der Waals surface area (Å²) in [5, 5.41) is 12.5. The van der Waals surface area contributed by atoms with E-state index in [4.69, 9.17) is 0 Å². The van der Waals surface area contributed by atoms with Crippen LogP contribution in [-0.4, -0.2) is 30.1 Å². The van der Waals surface area contributed by atoms with Crippen LogP contribution in [0.3, 0.4) is 0 Å². The highest BCUT2D eigenvalue weighted by Gasteiger charge is 2.38. The quantitative estimate of drug-likeness (QED) is 0.815. The number of aromatic hydroxyl groups is 1. The number of benzene rings is 1. The van der Waals surface area contributed by atoms with Gasteiger partial charge in [0.2, 0.25) is 5.91 Å². The second kappa shape index (κ2) is 4.37. The molecule has 0 bridgehead atoms. The van der Waals surface area contributed by atoms with E-state index in [9.17, 15) is 9.90 Å². The molecule has 0 spiro atoms. The highest BCUT2D eigenvalue weighted by atomic mass is 16.3. The van der Waals surface area contributed by atoms with Gasteiger partial charge in [0.15, 0.2) is 0 Å². The molecule has 0 aliphatic carbocycles. The molecule has 1 fully saturated rings. The molecule has 1 aliphatic rings. The Bertz CT molecular complexity index is 408. The molecule has 1 amide bonds. The summed E-state index contributed by atoms with van der Waals surface area (Å²) in [6.45, 7) is 2.84. The lowest BCUT2D eigenvalue weighted by Crippen LogP contribution is -2.51. The van der Waals surface area contributed by atoms with Gasteiger partial charge in [-0.1, -0.05) is 0 Å². The van der Waals surface area contributed by atoms with Crippen molar-refractivity contribution in [1.29, 1.82) is 0 Å². The number of nitrogens with one attached hydrogen (secondary N) is 1. The van der Waals surface area contributed by atoms with E-state index in [1.807, 2.05) is 6.92 Å². The highest BCUT2D eigenvalue weighted by molar-refractivity contribution is 5.99. The van der Waals surface area contributed by atoms with Crippen molar-refractivity contribution in [3.8, 4) is 5.75 Å². The van der Waals surface area contributed by atoms with E-state index >= 15 is 0 Å². The van der Waals surface area contributed by atoms with Crippen LogP contribution in [0, 0.1) is 0 Å². The minimum Gasteiger partial charge on any atom is -0.508 e. The molecule has 17 heavy (non-hydrogen) atoms. The summed E-state index contributed by atoms with van der Waals surface area (Å²) in [5.74, 6) is 0.278. The summed E-state index contributed by atoms with van der Waals surface area (Å²) >= 11 is 0. The first kappa shape index (κ1) is 11.9. The normalized spacial score (nSPS) is 23.6. The van der Waals surface area contributed by atoms with E-state index in [1.54, 1.807) is 36.2 Å². The van der Waals surface area contributed by atoms with Gasteiger partial charge in [0.25, 0.3) is 0 Å². The summed E-state index contributed by atoms with van der Waals surface area (Å²) in [6, 6.07) is 6.66. The first-order valence-corrected chi connectivity index (χ1v) is 5.85. The van der Waals surface area contributed by atoms with Gasteiger partial charge in [0.1, 0.15) is 5.75 Å². The maximum absolute atomic E-state index is 12.4. The topological polar surface area (TPSA) is 52.6 Å². The van der Waals surface area contributed by atoms with Gasteiger partial charge in [0.05, 0.1) is 5.54 Å². The molecule has 92 valence electrons. The minimum atomic E-state index is -0.452. The largest absolute Gasteiger partial charge is 0.508 e. The van der Waals surface area contributed by atoms with Gasteiger partial charge in [-0.25, -0.2) is 0 Å². The van der Waals surface area contributed by atoms with Crippen LogP contribution in [0.2, 0.25) is 0 Å². The number of hydrogen-bond acceptors (Lipinski definition) is 3. The van der Waals surface area contributed by atoms with Gasteiger partial charge in [-0.3, -0.25) is 4.79 Å². The number of amides is 1. The van der Waals surface area contributed by atoms with Crippen LogP contribution in [0.1, 0.15) is 19.8 Å². The number of nitrogens with zero attached hydrogens (tertiary/aromatic N) is 1. The maximum Gasteiger partial charge on any atom is 0.246 e. The van der Waals surface area contributed by atoms with Crippen molar-refractivity contribution in [1.82, 2.24) is 5.32 Å². The summed E-state index contributed by atoms with van der Waals surface area (Å²) in [4.78, 5) is 14.0. The third-order valence-electron chi connectivity index (χ3n) is 3.38. The predicted molar refractivity (Wildman–Crippen MR) is 67.2 cm³/mol. The van der Waals surface area contributed by atoms with E-state index in [0.717, 1.165) is 25.1 Å². The Labute approximate surface area is 101 Å². The number of anilines is 1. The van der Waals surface area contributed by atoms with Gasteiger partial charge in [-0.05, 0) is 50.6 Å². The Morgan fingerprint density at radius 2 is 2.06 bits per heavy atom. The Kier molecular flexibility index (Phi) is 3.07. The van der Waals surface area contributed by atoms with Gasteiger partial charge in [0, 0.05) is 12.7 Å². The Morgan fingerprint density at radius 1 is 1.41 bits per heavy atom. The molecule has 1 aromatic carbocycles. The average molecular weight is 234 g/mol. The molecule has 1 saturated heterocycles. The van der Waals surface area contributed by atoms with E-state index in [1.165, 1.54) is 0 Å². The number of hydrogen-bond donors (Lipinski definition) is 2. The number of carbonyl (C=O) groups is 1. The molecule has 4 heteroatoms. The zero-order valence-electron chi connectivity index (χ0n) is 10.2. The number of rotatable bonds is 2. The van der Waals surface area contributed by atoms with E-state index < -0.39 is 5.54 Å². The summed E-state index contributed by atoms with van der Waals surface area (Å²) in [7, 11) is 1.76. The Morgan fingerprint density at radius 3 is 2.59 bits per heavy atom. The summed E-state index contributed by atoms with van der Waals surface area (Å²) < 4.78 is 0. The SMILES string of the molecule is CN(C(=O)C1(C)CCCN1)c1ccc(O)cc1. The van der Waals surface area contributed by atoms with Crippen molar-refractivity contribution in [2.45, 2.75) is 25.3 Å². The molecule has 1 heterocycles. The fourth-order valence-corrected chi connectivity index (χ4v) is 2.24. The second-order valence-corrected chi connectivity index (χ2v) is 4.74. The molecule has 2 rings (SSSR count). The highest BCUT2D eigenvalue weighted by Crippen LogP contribution is 2.24. The molecule has 1 unspecified atom stereocenters. The van der Waals surface area contributed by atoms with Crippen molar-refractivity contribution < 1.29 is 9.90 Å². The lowest BCUT2D eigenvalue weighted by atomic mass is 9.98. The van der Waals surface area contributed by atoms with Gasteiger partial charge in [-0.15, -0.1) is 0 Å². The van der Waals surface area contributed by atoms with Crippen LogP contribution in [0.15, 0.2) is 24.3 Å². The summed E-state index contributed by atoms with van der Waals surface area (Å²) in [5.41, 5.74) is 0.342. The number of phenolic OH excluding ortho intramolecular Hbond substituents is 1. The van der Waals surface area contributed by atoms with Gasteiger partial charge >= 0.3 is 0 Å². The molecule has 0 radical (unpaired) electrons. The van der Waals surface area contributed by atoms with Crippen molar-refractivity contribution in [3.05, 3.63) is 24.3 Å². The van der Waals surface area contributed by atoms with E-state index in [-0.39, 0.29) is 11.7 Å². The van der Waals surface area contributed by atoms with Gasteiger partial charge in [-0.2, -0.15) is 0 Å².